The summed E-state index contributed by atoms with van der Waals surface area (Å²) in [6.45, 7) is 1.50. The summed E-state index contributed by atoms with van der Waals surface area (Å²) in [5.74, 6) is 0. The van der Waals surface area contributed by atoms with Crippen molar-refractivity contribution in [2.45, 2.75) is 38.2 Å². The van der Waals surface area contributed by atoms with Gasteiger partial charge in [-0.25, -0.2) is 4.79 Å². The molecule has 3 N–H and O–H groups in total. The van der Waals surface area contributed by atoms with Crippen molar-refractivity contribution in [3.8, 4) is 0 Å². The Hall–Kier alpha value is -1.44. The Kier molecular flexibility index (Phi) is 3.65. The van der Waals surface area contributed by atoms with E-state index in [1.165, 1.54) is 10.8 Å². The van der Waals surface area contributed by atoms with Crippen LogP contribution in [0.15, 0.2) is 15.8 Å². The third kappa shape index (κ3) is 2.24. The lowest BCUT2D eigenvalue weighted by Gasteiger charge is -2.14. The number of hydrogen-bond acceptors (Lipinski definition) is 5. The first-order valence-electron chi connectivity index (χ1n) is 5.85. The number of H-pyrrole nitrogens is 1. The Bertz CT molecular complexity index is 535. The summed E-state index contributed by atoms with van der Waals surface area (Å²) in [5, 5.41) is 18.6. The van der Waals surface area contributed by atoms with Crippen LogP contribution >= 0.6 is 0 Å². The first-order chi connectivity index (χ1) is 8.56. The molecule has 18 heavy (non-hydrogen) atoms. The summed E-state index contributed by atoms with van der Waals surface area (Å²) in [6, 6.07) is 0. The zero-order valence-corrected chi connectivity index (χ0v) is 10.00. The average molecular weight is 256 g/mol. The number of nitrogens with one attached hydrogen (secondary N) is 1. The molecule has 0 aliphatic carbocycles. The standard InChI is InChI=1S/C11H16N2O5/c1-2-6-4-13(11(17)12-10(6)16)9-3-7(15)8(5-14)18-9/h4,7-9,14-15H,2-3,5H2,1H3,(H,12,16,17)/t7-,8-,9-/m1/s1. The Balaban J connectivity index is 2.35. The smallest absolute Gasteiger partial charge is 0.330 e. The molecule has 0 bridgehead atoms. The third-order valence-corrected chi connectivity index (χ3v) is 3.12. The molecule has 7 heteroatoms. The number of aliphatic hydroxyl groups excluding tert-OH is 2. The molecule has 1 aromatic heterocycles. The Morgan fingerprint density at radius 1 is 1.56 bits per heavy atom. The summed E-state index contributed by atoms with van der Waals surface area (Å²) in [7, 11) is 0. The van der Waals surface area contributed by atoms with Gasteiger partial charge in [0.05, 0.1) is 12.7 Å². The zero-order chi connectivity index (χ0) is 13.3. The maximum Gasteiger partial charge on any atom is 0.330 e. The van der Waals surface area contributed by atoms with Crippen LogP contribution in [0.1, 0.15) is 25.1 Å². The number of aliphatic hydroxyl groups is 2. The van der Waals surface area contributed by atoms with Crippen LogP contribution in [0.5, 0.6) is 0 Å². The van der Waals surface area contributed by atoms with Crippen molar-refractivity contribution in [3.05, 3.63) is 32.6 Å². The van der Waals surface area contributed by atoms with Crippen molar-refractivity contribution in [2.24, 2.45) is 0 Å². The molecular formula is C11H16N2O5. The van der Waals surface area contributed by atoms with Gasteiger partial charge >= 0.3 is 5.69 Å². The van der Waals surface area contributed by atoms with Crippen LogP contribution < -0.4 is 11.2 Å². The van der Waals surface area contributed by atoms with Gasteiger partial charge in [-0.2, -0.15) is 0 Å². The monoisotopic (exact) mass is 256 g/mol. The molecule has 1 fully saturated rings. The molecule has 0 saturated carbocycles. The van der Waals surface area contributed by atoms with Gasteiger partial charge < -0.3 is 14.9 Å². The zero-order valence-electron chi connectivity index (χ0n) is 10.00. The minimum Gasteiger partial charge on any atom is -0.394 e. The normalized spacial score (nSPS) is 27.6. The van der Waals surface area contributed by atoms with Crippen LogP contribution in [0.3, 0.4) is 0 Å². The second-order valence-corrected chi connectivity index (χ2v) is 4.29. The van der Waals surface area contributed by atoms with Gasteiger partial charge in [0.2, 0.25) is 0 Å². The van der Waals surface area contributed by atoms with Crippen LogP contribution in [0, 0.1) is 0 Å². The molecule has 100 valence electrons. The van der Waals surface area contributed by atoms with E-state index >= 15 is 0 Å². The van der Waals surface area contributed by atoms with E-state index in [0.717, 1.165) is 0 Å². The van der Waals surface area contributed by atoms with Crippen molar-refractivity contribution < 1.29 is 14.9 Å². The average Bonchev–Trinajstić information content (AvgIpc) is 2.70. The predicted octanol–water partition coefficient (Wildman–Crippen LogP) is -1.26. The lowest BCUT2D eigenvalue weighted by molar-refractivity contribution is -0.0459. The van der Waals surface area contributed by atoms with E-state index in [1.807, 2.05) is 0 Å². The van der Waals surface area contributed by atoms with Crippen LogP contribution in [0.25, 0.3) is 0 Å². The number of hydrogen-bond donors (Lipinski definition) is 3. The van der Waals surface area contributed by atoms with Crippen molar-refractivity contribution in [1.29, 1.82) is 0 Å². The van der Waals surface area contributed by atoms with Crippen LogP contribution in [0.2, 0.25) is 0 Å². The number of aromatic amines is 1. The molecule has 1 aliphatic heterocycles. The molecule has 2 rings (SSSR count). The predicted molar refractivity (Wildman–Crippen MR) is 62.3 cm³/mol. The van der Waals surface area contributed by atoms with Crippen LogP contribution in [-0.4, -0.2) is 38.6 Å². The van der Waals surface area contributed by atoms with Crippen molar-refractivity contribution in [2.75, 3.05) is 6.61 Å². The molecule has 0 radical (unpaired) electrons. The topological polar surface area (TPSA) is 105 Å². The van der Waals surface area contributed by atoms with E-state index in [9.17, 15) is 14.7 Å². The summed E-state index contributed by atoms with van der Waals surface area (Å²) >= 11 is 0. The molecular weight excluding hydrogens is 240 g/mol. The Labute approximate surface area is 103 Å². The molecule has 1 aromatic rings. The molecule has 3 atom stereocenters. The molecule has 0 aromatic carbocycles. The fourth-order valence-electron chi connectivity index (χ4n) is 2.04. The van der Waals surface area contributed by atoms with Gasteiger partial charge in [0, 0.05) is 18.2 Å². The molecule has 1 aliphatic rings. The van der Waals surface area contributed by atoms with Gasteiger partial charge in [0.25, 0.3) is 5.56 Å². The fourth-order valence-corrected chi connectivity index (χ4v) is 2.04. The van der Waals surface area contributed by atoms with E-state index in [-0.39, 0.29) is 13.0 Å². The van der Waals surface area contributed by atoms with E-state index in [0.29, 0.717) is 12.0 Å². The number of ether oxygens (including phenoxy) is 1. The fraction of sp³-hybridized carbons (Fsp3) is 0.636. The van der Waals surface area contributed by atoms with E-state index in [2.05, 4.69) is 4.98 Å². The van der Waals surface area contributed by atoms with Gasteiger partial charge in [-0.15, -0.1) is 0 Å². The van der Waals surface area contributed by atoms with Gasteiger partial charge in [0.15, 0.2) is 0 Å². The van der Waals surface area contributed by atoms with Gasteiger partial charge in [-0.1, -0.05) is 6.92 Å². The SMILES string of the molecule is CCc1cn([C@H]2C[C@@H](O)[C@@H](CO)O2)c(=O)[nH]c1=O. The largest absolute Gasteiger partial charge is 0.394 e. The first-order valence-corrected chi connectivity index (χ1v) is 5.85. The minimum atomic E-state index is -0.816. The number of aryl methyl sites for hydroxylation is 1. The number of nitrogens with zero attached hydrogens (tertiary/aromatic N) is 1. The van der Waals surface area contributed by atoms with Crippen molar-refractivity contribution in [3.63, 3.8) is 0 Å². The lowest BCUT2D eigenvalue weighted by Crippen LogP contribution is -2.34. The van der Waals surface area contributed by atoms with Crippen LogP contribution in [0.4, 0.5) is 0 Å². The Morgan fingerprint density at radius 2 is 2.28 bits per heavy atom. The third-order valence-electron chi connectivity index (χ3n) is 3.12. The number of aromatic nitrogens is 2. The van der Waals surface area contributed by atoms with E-state index < -0.39 is 29.7 Å². The lowest BCUT2D eigenvalue weighted by atomic mass is 10.2. The molecule has 2 heterocycles. The highest BCUT2D eigenvalue weighted by atomic mass is 16.5. The molecule has 1 saturated heterocycles. The molecule has 7 nitrogen and oxygen atoms in total. The molecule has 0 unspecified atom stereocenters. The first kappa shape index (κ1) is 13.0. The maximum absolute atomic E-state index is 11.7. The van der Waals surface area contributed by atoms with Crippen molar-refractivity contribution in [1.82, 2.24) is 9.55 Å². The molecule has 0 spiro atoms. The van der Waals surface area contributed by atoms with E-state index in [1.54, 1.807) is 6.92 Å². The highest BCUT2D eigenvalue weighted by molar-refractivity contribution is 5.04. The second-order valence-electron chi connectivity index (χ2n) is 4.29. The summed E-state index contributed by atoms with van der Waals surface area (Å²) in [4.78, 5) is 25.3. The molecule has 0 amide bonds. The maximum atomic E-state index is 11.7. The van der Waals surface area contributed by atoms with Gasteiger partial charge in [-0.3, -0.25) is 14.3 Å². The quantitative estimate of drug-likeness (QED) is 0.626. The van der Waals surface area contributed by atoms with Crippen molar-refractivity contribution >= 4 is 0 Å². The summed E-state index contributed by atoms with van der Waals surface area (Å²) in [5.41, 5.74) is -0.510. The highest BCUT2D eigenvalue weighted by Crippen LogP contribution is 2.27. The van der Waals surface area contributed by atoms with Gasteiger partial charge in [0.1, 0.15) is 12.3 Å². The minimum absolute atomic E-state index is 0.209. The van der Waals surface area contributed by atoms with Gasteiger partial charge in [-0.05, 0) is 6.42 Å². The number of rotatable bonds is 3. The van der Waals surface area contributed by atoms with Crippen LogP contribution in [-0.2, 0) is 11.2 Å². The highest BCUT2D eigenvalue weighted by Gasteiger charge is 2.35. The summed E-state index contributed by atoms with van der Waals surface area (Å²) < 4.78 is 6.62. The van der Waals surface area contributed by atoms with E-state index in [4.69, 9.17) is 9.84 Å². The second kappa shape index (κ2) is 5.05. The summed E-state index contributed by atoms with van der Waals surface area (Å²) in [6.07, 6.45) is -0.0259. The Morgan fingerprint density at radius 3 is 2.83 bits per heavy atom.